The van der Waals surface area contributed by atoms with E-state index in [0.717, 1.165) is 17.2 Å². The number of rotatable bonds is 2. The molecule has 0 spiro atoms. The predicted octanol–water partition coefficient (Wildman–Crippen LogP) is 1.78. The molecule has 0 aliphatic carbocycles. The van der Waals surface area contributed by atoms with Gasteiger partial charge in [-0.25, -0.2) is 4.98 Å². The maximum absolute atomic E-state index is 11.3. The lowest BCUT2D eigenvalue weighted by Gasteiger charge is -2.31. The van der Waals surface area contributed by atoms with Crippen LogP contribution in [0.2, 0.25) is 0 Å². The Balaban J connectivity index is 2.05. The number of fused-ring (bicyclic) bond motifs is 1. The van der Waals surface area contributed by atoms with Gasteiger partial charge in [-0.3, -0.25) is 4.79 Å². The molecule has 1 atom stereocenters. The third-order valence-electron chi connectivity index (χ3n) is 3.37. The first-order valence-corrected chi connectivity index (χ1v) is 6.43. The fraction of sp³-hybridized carbons (Fsp3) is 0.267. The molecule has 5 nitrogen and oxygen atoms in total. The van der Waals surface area contributed by atoms with E-state index in [4.69, 9.17) is 10.00 Å². The molecule has 0 N–H and O–H groups in total. The highest BCUT2D eigenvalue weighted by atomic mass is 16.5. The van der Waals surface area contributed by atoms with Gasteiger partial charge >= 0.3 is 0 Å². The highest BCUT2D eigenvalue weighted by Gasteiger charge is 2.23. The van der Waals surface area contributed by atoms with Crippen LogP contribution in [-0.4, -0.2) is 37.1 Å². The molecule has 3 rings (SSSR count). The van der Waals surface area contributed by atoms with Crippen molar-refractivity contribution < 1.29 is 9.53 Å². The van der Waals surface area contributed by atoms with Crippen molar-refractivity contribution in [2.45, 2.75) is 6.10 Å². The van der Waals surface area contributed by atoms with Crippen LogP contribution in [0.5, 0.6) is 0 Å². The molecule has 1 fully saturated rings. The van der Waals surface area contributed by atoms with Gasteiger partial charge in [0.2, 0.25) is 0 Å². The fourth-order valence-corrected chi connectivity index (χ4v) is 2.38. The number of para-hydroxylation sites is 1. The van der Waals surface area contributed by atoms with E-state index in [1.807, 2.05) is 35.2 Å². The summed E-state index contributed by atoms with van der Waals surface area (Å²) >= 11 is 0. The Hall–Kier alpha value is -2.45. The van der Waals surface area contributed by atoms with Crippen molar-refractivity contribution in [1.29, 1.82) is 5.26 Å². The van der Waals surface area contributed by atoms with Crippen molar-refractivity contribution in [3.63, 3.8) is 0 Å². The van der Waals surface area contributed by atoms with Gasteiger partial charge in [-0.05, 0) is 12.1 Å². The number of aldehydes is 1. The number of pyridine rings is 1. The SMILES string of the molecule is N#CC1CN(c2nc3ccccc3cc2C=O)CCO1. The van der Waals surface area contributed by atoms with Crippen LogP contribution in [0.3, 0.4) is 0 Å². The Bertz CT molecular complexity index is 693. The number of benzene rings is 1. The van der Waals surface area contributed by atoms with Crippen molar-refractivity contribution in [2.24, 2.45) is 0 Å². The van der Waals surface area contributed by atoms with E-state index in [-0.39, 0.29) is 0 Å². The van der Waals surface area contributed by atoms with E-state index < -0.39 is 6.10 Å². The van der Waals surface area contributed by atoms with Crippen LogP contribution in [0.4, 0.5) is 5.82 Å². The van der Waals surface area contributed by atoms with E-state index in [2.05, 4.69) is 11.1 Å². The van der Waals surface area contributed by atoms with Gasteiger partial charge < -0.3 is 9.64 Å². The molecule has 0 radical (unpaired) electrons. The summed E-state index contributed by atoms with van der Waals surface area (Å²) in [5.74, 6) is 0.627. The molecule has 2 aromatic rings. The molecule has 0 bridgehead atoms. The fourth-order valence-electron chi connectivity index (χ4n) is 2.38. The predicted molar refractivity (Wildman–Crippen MR) is 74.7 cm³/mol. The lowest BCUT2D eigenvalue weighted by molar-refractivity contribution is 0.0760. The quantitative estimate of drug-likeness (QED) is 0.776. The summed E-state index contributed by atoms with van der Waals surface area (Å²) in [7, 11) is 0. The minimum atomic E-state index is -0.475. The van der Waals surface area contributed by atoms with Crippen molar-refractivity contribution in [2.75, 3.05) is 24.6 Å². The Morgan fingerprint density at radius 2 is 2.30 bits per heavy atom. The van der Waals surface area contributed by atoms with Crippen LogP contribution in [0.25, 0.3) is 10.9 Å². The number of carbonyl (C=O) groups is 1. The van der Waals surface area contributed by atoms with Gasteiger partial charge in [0.15, 0.2) is 12.4 Å². The molecule has 0 saturated carbocycles. The van der Waals surface area contributed by atoms with Gasteiger partial charge in [0.25, 0.3) is 0 Å². The first-order chi connectivity index (χ1) is 9.81. The second-order valence-electron chi connectivity index (χ2n) is 4.65. The second kappa shape index (κ2) is 5.27. The maximum atomic E-state index is 11.3. The standard InChI is InChI=1S/C15H13N3O2/c16-8-13-9-18(5-6-20-13)15-12(10-19)7-11-3-1-2-4-14(11)17-15/h1-4,7,10,13H,5-6,9H2. The number of morpholine rings is 1. The maximum Gasteiger partial charge on any atom is 0.161 e. The van der Waals surface area contributed by atoms with Gasteiger partial charge in [0.1, 0.15) is 5.82 Å². The molecule has 100 valence electrons. The minimum Gasteiger partial charge on any atom is -0.360 e. The lowest BCUT2D eigenvalue weighted by Crippen LogP contribution is -2.42. The Morgan fingerprint density at radius 1 is 1.45 bits per heavy atom. The highest BCUT2D eigenvalue weighted by molar-refractivity contribution is 5.91. The van der Waals surface area contributed by atoms with Crippen LogP contribution in [0.15, 0.2) is 30.3 Å². The average molecular weight is 267 g/mol. The Labute approximate surface area is 116 Å². The molecule has 1 aliphatic rings. The van der Waals surface area contributed by atoms with Gasteiger partial charge in [-0.1, -0.05) is 18.2 Å². The number of hydrogen-bond acceptors (Lipinski definition) is 5. The van der Waals surface area contributed by atoms with Crippen LogP contribution >= 0.6 is 0 Å². The molecular formula is C15H13N3O2. The zero-order valence-electron chi connectivity index (χ0n) is 10.8. The molecule has 20 heavy (non-hydrogen) atoms. The smallest absolute Gasteiger partial charge is 0.161 e. The van der Waals surface area contributed by atoms with E-state index in [0.29, 0.717) is 31.1 Å². The summed E-state index contributed by atoms with van der Waals surface area (Å²) in [5, 5.41) is 9.90. The zero-order valence-corrected chi connectivity index (χ0v) is 10.8. The van der Waals surface area contributed by atoms with Crippen LogP contribution < -0.4 is 4.90 Å². The Morgan fingerprint density at radius 3 is 3.10 bits per heavy atom. The van der Waals surface area contributed by atoms with Crippen molar-refractivity contribution in [3.8, 4) is 6.07 Å². The van der Waals surface area contributed by atoms with Crippen molar-refractivity contribution in [1.82, 2.24) is 4.98 Å². The third kappa shape index (κ3) is 2.22. The lowest BCUT2D eigenvalue weighted by atomic mass is 10.1. The molecule has 2 heterocycles. The largest absolute Gasteiger partial charge is 0.360 e. The van der Waals surface area contributed by atoms with Crippen LogP contribution in [0, 0.1) is 11.3 Å². The molecule has 1 saturated heterocycles. The van der Waals surface area contributed by atoms with E-state index >= 15 is 0 Å². The zero-order chi connectivity index (χ0) is 13.9. The van der Waals surface area contributed by atoms with Crippen LogP contribution in [-0.2, 0) is 4.74 Å². The number of aromatic nitrogens is 1. The summed E-state index contributed by atoms with van der Waals surface area (Å²) in [6.07, 6.45) is 0.336. The first-order valence-electron chi connectivity index (χ1n) is 6.43. The van der Waals surface area contributed by atoms with Gasteiger partial charge in [0, 0.05) is 11.9 Å². The molecule has 5 heteroatoms. The molecule has 1 aliphatic heterocycles. The van der Waals surface area contributed by atoms with E-state index in [1.54, 1.807) is 0 Å². The number of nitrogens with zero attached hydrogens (tertiary/aromatic N) is 3. The minimum absolute atomic E-state index is 0.433. The topological polar surface area (TPSA) is 66.2 Å². The third-order valence-corrected chi connectivity index (χ3v) is 3.37. The van der Waals surface area contributed by atoms with E-state index in [1.165, 1.54) is 0 Å². The number of ether oxygens (including phenoxy) is 1. The Kier molecular flexibility index (Phi) is 3.32. The molecule has 1 aromatic carbocycles. The molecular weight excluding hydrogens is 254 g/mol. The second-order valence-corrected chi connectivity index (χ2v) is 4.65. The molecule has 1 unspecified atom stereocenters. The number of carbonyl (C=O) groups excluding carboxylic acids is 1. The normalized spacial score (nSPS) is 18.8. The van der Waals surface area contributed by atoms with Crippen molar-refractivity contribution >= 4 is 23.0 Å². The molecule has 0 amide bonds. The van der Waals surface area contributed by atoms with Crippen LogP contribution in [0.1, 0.15) is 10.4 Å². The van der Waals surface area contributed by atoms with Gasteiger partial charge in [0.05, 0.1) is 30.3 Å². The monoisotopic (exact) mass is 267 g/mol. The summed E-state index contributed by atoms with van der Waals surface area (Å²) in [6, 6.07) is 11.6. The average Bonchev–Trinajstić information content (AvgIpc) is 2.53. The summed E-state index contributed by atoms with van der Waals surface area (Å²) in [4.78, 5) is 17.8. The van der Waals surface area contributed by atoms with E-state index in [9.17, 15) is 4.79 Å². The summed E-state index contributed by atoms with van der Waals surface area (Å²) < 4.78 is 5.32. The van der Waals surface area contributed by atoms with Gasteiger partial charge in [-0.15, -0.1) is 0 Å². The summed E-state index contributed by atoms with van der Waals surface area (Å²) in [5.41, 5.74) is 1.38. The van der Waals surface area contributed by atoms with Crippen molar-refractivity contribution in [3.05, 3.63) is 35.9 Å². The van der Waals surface area contributed by atoms with Gasteiger partial charge in [-0.2, -0.15) is 5.26 Å². The molecule has 1 aromatic heterocycles. The number of nitriles is 1. The summed E-state index contributed by atoms with van der Waals surface area (Å²) in [6.45, 7) is 1.53. The number of hydrogen-bond donors (Lipinski definition) is 0. The highest BCUT2D eigenvalue weighted by Crippen LogP contribution is 2.24. The number of anilines is 1. The first kappa shape index (κ1) is 12.6.